The van der Waals surface area contributed by atoms with E-state index in [0.29, 0.717) is 13.1 Å². The first kappa shape index (κ1) is 12.1. The Bertz CT molecular complexity index is 364. The van der Waals surface area contributed by atoms with E-state index in [9.17, 15) is 10.1 Å². The first-order valence-corrected chi connectivity index (χ1v) is 4.76. The van der Waals surface area contributed by atoms with Gasteiger partial charge in [0.05, 0.1) is 12.3 Å². The lowest BCUT2D eigenvalue weighted by Crippen LogP contribution is -2.26. The monoisotopic (exact) mass is 223 g/mol. The van der Waals surface area contributed by atoms with Crippen LogP contribution in [0.4, 0.5) is 11.5 Å². The lowest BCUT2D eigenvalue weighted by atomic mass is 10.3. The molecule has 1 aromatic rings. The van der Waals surface area contributed by atoms with Crippen LogP contribution in [-0.2, 0) is 0 Å². The predicted molar refractivity (Wildman–Crippen MR) is 60.4 cm³/mol. The number of rotatable bonds is 6. The van der Waals surface area contributed by atoms with E-state index < -0.39 is 4.92 Å². The highest BCUT2D eigenvalue weighted by Crippen LogP contribution is 2.15. The maximum absolute atomic E-state index is 10.4. The average Bonchev–Trinajstić information content (AvgIpc) is 2.29. The molecule has 0 atom stereocenters. The van der Waals surface area contributed by atoms with Gasteiger partial charge in [0.1, 0.15) is 0 Å². The number of hydrogen-bond acceptors (Lipinski definition) is 5. The molecule has 0 aliphatic rings. The topological polar surface area (TPSA) is 79.5 Å². The van der Waals surface area contributed by atoms with Gasteiger partial charge in [0.25, 0.3) is 0 Å². The molecular weight excluding hydrogens is 210 g/mol. The highest BCUT2D eigenvalue weighted by molar-refractivity contribution is 5.47. The van der Waals surface area contributed by atoms with Gasteiger partial charge in [-0.05, 0) is 16.0 Å². The summed E-state index contributed by atoms with van der Waals surface area (Å²) in [5, 5.41) is 19.3. The average molecular weight is 223 g/mol. The molecule has 0 aliphatic carbocycles. The van der Waals surface area contributed by atoms with Crippen molar-refractivity contribution in [1.29, 1.82) is 0 Å². The molecule has 0 aliphatic heterocycles. The SMILES string of the molecule is C=CCN(CCO)c1ccc([N+](=O)[O-])nc1. The fourth-order valence-electron chi connectivity index (χ4n) is 1.28. The third-order valence-corrected chi connectivity index (χ3v) is 2.00. The van der Waals surface area contributed by atoms with Crippen LogP contribution >= 0.6 is 0 Å². The zero-order valence-electron chi connectivity index (χ0n) is 8.74. The summed E-state index contributed by atoms with van der Waals surface area (Å²) in [6, 6.07) is 2.94. The molecule has 0 bridgehead atoms. The number of nitrogens with zero attached hydrogens (tertiary/aromatic N) is 3. The van der Waals surface area contributed by atoms with Gasteiger partial charge < -0.3 is 20.1 Å². The number of aliphatic hydroxyl groups excluding tert-OH is 1. The van der Waals surface area contributed by atoms with E-state index in [-0.39, 0.29) is 12.4 Å². The van der Waals surface area contributed by atoms with Gasteiger partial charge in [0.2, 0.25) is 0 Å². The number of anilines is 1. The van der Waals surface area contributed by atoms with Gasteiger partial charge in [0, 0.05) is 19.2 Å². The Morgan fingerprint density at radius 2 is 2.38 bits per heavy atom. The number of pyridine rings is 1. The molecule has 0 aromatic carbocycles. The zero-order valence-corrected chi connectivity index (χ0v) is 8.74. The third-order valence-electron chi connectivity index (χ3n) is 2.00. The minimum atomic E-state index is -0.548. The molecule has 0 saturated heterocycles. The molecule has 16 heavy (non-hydrogen) atoms. The van der Waals surface area contributed by atoms with Crippen molar-refractivity contribution >= 4 is 11.5 Å². The summed E-state index contributed by atoms with van der Waals surface area (Å²) in [5.74, 6) is -0.189. The molecular formula is C10H13N3O3. The normalized spacial score (nSPS) is 9.81. The van der Waals surface area contributed by atoms with Gasteiger partial charge in [-0.3, -0.25) is 0 Å². The largest absolute Gasteiger partial charge is 0.395 e. The summed E-state index contributed by atoms with van der Waals surface area (Å²) >= 11 is 0. The quantitative estimate of drug-likeness (QED) is 0.441. The predicted octanol–water partition coefficient (Wildman–Crippen LogP) is 0.974. The number of aromatic nitrogens is 1. The zero-order chi connectivity index (χ0) is 12.0. The van der Waals surface area contributed by atoms with Crippen LogP contribution in [0, 0.1) is 10.1 Å². The highest BCUT2D eigenvalue weighted by Gasteiger charge is 2.10. The Kier molecular flexibility index (Phi) is 4.41. The van der Waals surface area contributed by atoms with Gasteiger partial charge in [0.15, 0.2) is 6.20 Å². The Labute approximate surface area is 93.0 Å². The lowest BCUT2D eigenvalue weighted by Gasteiger charge is -2.20. The maximum atomic E-state index is 10.4. The molecule has 6 heteroatoms. The molecule has 1 aromatic heterocycles. The molecule has 1 rings (SSSR count). The maximum Gasteiger partial charge on any atom is 0.363 e. The van der Waals surface area contributed by atoms with Gasteiger partial charge in [-0.1, -0.05) is 6.08 Å². The van der Waals surface area contributed by atoms with Crippen molar-refractivity contribution in [3.05, 3.63) is 41.1 Å². The summed E-state index contributed by atoms with van der Waals surface area (Å²) in [5.41, 5.74) is 0.722. The number of nitro groups is 1. The van der Waals surface area contributed by atoms with Crippen LogP contribution in [0.3, 0.4) is 0 Å². The fourth-order valence-corrected chi connectivity index (χ4v) is 1.28. The molecule has 0 saturated carbocycles. The van der Waals surface area contributed by atoms with Gasteiger partial charge in [-0.15, -0.1) is 6.58 Å². The van der Waals surface area contributed by atoms with Crippen molar-refractivity contribution in [2.45, 2.75) is 0 Å². The van der Waals surface area contributed by atoms with E-state index in [2.05, 4.69) is 11.6 Å². The minimum Gasteiger partial charge on any atom is -0.395 e. The van der Waals surface area contributed by atoms with E-state index in [1.54, 1.807) is 12.1 Å². The van der Waals surface area contributed by atoms with Crippen LogP contribution in [0.5, 0.6) is 0 Å². The second-order valence-electron chi connectivity index (χ2n) is 3.09. The van der Waals surface area contributed by atoms with Crippen molar-refractivity contribution in [2.24, 2.45) is 0 Å². The summed E-state index contributed by atoms with van der Waals surface area (Å²) in [6.07, 6.45) is 3.11. The molecule has 86 valence electrons. The van der Waals surface area contributed by atoms with Gasteiger partial charge in [-0.2, -0.15) is 0 Å². The van der Waals surface area contributed by atoms with Crippen LogP contribution in [0.1, 0.15) is 0 Å². The first-order valence-electron chi connectivity index (χ1n) is 4.76. The smallest absolute Gasteiger partial charge is 0.363 e. The molecule has 1 heterocycles. The van der Waals surface area contributed by atoms with Crippen LogP contribution in [0.25, 0.3) is 0 Å². The standard InChI is InChI=1S/C10H13N3O3/c1-2-5-12(6-7-14)9-3-4-10(11-8-9)13(15)16/h2-4,8,14H,1,5-7H2. The van der Waals surface area contributed by atoms with E-state index in [4.69, 9.17) is 5.11 Å². The summed E-state index contributed by atoms with van der Waals surface area (Å²) in [6.45, 7) is 4.60. The summed E-state index contributed by atoms with van der Waals surface area (Å²) in [7, 11) is 0. The Morgan fingerprint density at radius 3 is 2.81 bits per heavy atom. The molecule has 0 radical (unpaired) electrons. The Balaban J connectivity index is 2.84. The third kappa shape index (κ3) is 3.03. The van der Waals surface area contributed by atoms with Crippen LogP contribution in [0.15, 0.2) is 31.0 Å². The first-order chi connectivity index (χ1) is 7.69. The fraction of sp³-hybridized carbons (Fsp3) is 0.300. The highest BCUT2D eigenvalue weighted by atomic mass is 16.6. The van der Waals surface area contributed by atoms with Crippen molar-refractivity contribution in [1.82, 2.24) is 4.98 Å². The summed E-state index contributed by atoms with van der Waals surface area (Å²) < 4.78 is 0. The molecule has 1 N–H and O–H groups in total. The molecule has 0 spiro atoms. The summed E-state index contributed by atoms with van der Waals surface area (Å²) in [4.78, 5) is 15.4. The van der Waals surface area contributed by atoms with Gasteiger partial charge >= 0.3 is 5.82 Å². The molecule has 6 nitrogen and oxygen atoms in total. The second-order valence-corrected chi connectivity index (χ2v) is 3.09. The van der Waals surface area contributed by atoms with Crippen LogP contribution in [0.2, 0.25) is 0 Å². The van der Waals surface area contributed by atoms with Crippen molar-refractivity contribution < 1.29 is 10.0 Å². The lowest BCUT2D eigenvalue weighted by molar-refractivity contribution is -0.389. The van der Waals surface area contributed by atoms with Crippen LogP contribution < -0.4 is 4.90 Å². The molecule has 0 unspecified atom stereocenters. The van der Waals surface area contributed by atoms with Crippen molar-refractivity contribution in [3.8, 4) is 0 Å². The van der Waals surface area contributed by atoms with E-state index in [0.717, 1.165) is 5.69 Å². The number of aliphatic hydroxyl groups is 1. The van der Waals surface area contributed by atoms with E-state index >= 15 is 0 Å². The molecule has 0 amide bonds. The second kappa shape index (κ2) is 5.82. The number of hydrogen-bond donors (Lipinski definition) is 1. The van der Waals surface area contributed by atoms with Gasteiger partial charge in [-0.25, -0.2) is 0 Å². The Hall–Kier alpha value is -1.95. The van der Waals surface area contributed by atoms with E-state index in [1.807, 2.05) is 4.90 Å². The van der Waals surface area contributed by atoms with E-state index in [1.165, 1.54) is 12.3 Å². The molecule has 0 fully saturated rings. The van der Waals surface area contributed by atoms with Crippen molar-refractivity contribution in [2.75, 3.05) is 24.6 Å². The van der Waals surface area contributed by atoms with Crippen molar-refractivity contribution in [3.63, 3.8) is 0 Å². The minimum absolute atomic E-state index is 0.00479. The van der Waals surface area contributed by atoms with Crippen LogP contribution in [-0.4, -0.2) is 34.7 Å². The Morgan fingerprint density at radius 1 is 1.62 bits per heavy atom.